The van der Waals surface area contributed by atoms with Crippen LogP contribution in [-0.4, -0.2) is 81.0 Å². The number of aliphatic hydroxyl groups excluding tert-OH is 1. The van der Waals surface area contributed by atoms with E-state index in [2.05, 4.69) is 20.0 Å². The Kier molecular flexibility index (Phi) is 8.78. The summed E-state index contributed by atoms with van der Waals surface area (Å²) in [4.78, 5) is 20.1. The number of rotatable bonds is 8. The van der Waals surface area contributed by atoms with Crippen LogP contribution < -0.4 is 15.1 Å². The highest BCUT2D eigenvalue weighted by Crippen LogP contribution is 2.31. The molecule has 0 bridgehead atoms. The van der Waals surface area contributed by atoms with E-state index in [0.717, 1.165) is 68.9 Å². The fourth-order valence-corrected chi connectivity index (χ4v) is 6.06. The van der Waals surface area contributed by atoms with Crippen LogP contribution in [0.25, 0.3) is 0 Å². The third-order valence-corrected chi connectivity index (χ3v) is 8.33. The first kappa shape index (κ1) is 26.6. The molecule has 2 aromatic carbocycles. The maximum absolute atomic E-state index is 13.4. The van der Waals surface area contributed by atoms with Crippen molar-refractivity contribution >= 4 is 40.5 Å². The van der Waals surface area contributed by atoms with E-state index in [0.29, 0.717) is 36.3 Å². The molecule has 0 saturated carbocycles. The Morgan fingerprint density at radius 1 is 1.00 bits per heavy atom. The Morgan fingerprint density at radius 3 is 2.43 bits per heavy atom. The van der Waals surface area contributed by atoms with Crippen LogP contribution in [0.15, 0.2) is 42.5 Å². The number of ether oxygens (including phenoxy) is 1. The molecule has 2 N–H and O–H groups in total. The number of carbonyl (C=O) groups is 1. The van der Waals surface area contributed by atoms with Crippen molar-refractivity contribution in [2.75, 3.05) is 68.8 Å². The van der Waals surface area contributed by atoms with Gasteiger partial charge in [0.2, 0.25) is 5.91 Å². The molecule has 2 aromatic rings. The molecule has 3 saturated heterocycles. The third kappa shape index (κ3) is 6.52. The average molecular weight is 548 g/mol. The lowest BCUT2D eigenvalue weighted by Gasteiger charge is -2.31. The molecule has 0 aliphatic carbocycles. The Hall–Kier alpha value is -2.03. The van der Waals surface area contributed by atoms with Crippen LogP contribution in [0.5, 0.6) is 0 Å². The number of nitrogens with one attached hydrogen (secondary N) is 1. The predicted octanol–water partition coefficient (Wildman–Crippen LogP) is 3.97. The molecule has 3 aliphatic rings. The van der Waals surface area contributed by atoms with Crippen LogP contribution in [-0.2, 0) is 9.53 Å². The van der Waals surface area contributed by atoms with Crippen molar-refractivity contribution in [3.05, 3.63) is 58.1 Å². The number of anilines is 2. The van der Waals surface area contributed by atoms with Crippen molar-refractivity contribution in [1.29, 1.82) is 0 Å². The molecule has 3 fully saturated rings. The number of aliphatic hydroxyl groups is 1. The first-order valence-corrected chi connectivity index (χ1v) is 14.1. The van der Waals surface area contributed by atoms with Gasteiger partial charge in [0.05, 0.1) is 35.9 Å². The summed E-state index contributed by atoms with van der Waals surface area (Å²) in [5.41, 5.74) is 2.75. The van der Waals surface area contributed by atoms with Gasteiger partial charge in [-0.1, -0.05) is 29.3 Å². The van der Waals surface area contributed by atoms with E-state index in [4.69, 9.17) is 27.9 Å². The molecule has 0 radical (unpaired) electrons. The number of amides is 1. The van der Waals surface area contributed by atoms with E-state index < -0.39 is 12.1 Å². The molecule has 3 unspecified atom stereocenters. The molecule has 3 heterocycles. The summed E-state index contributed by atoms with van der Waals surface area (Å²) < 4.78 is 5.46. The fourth-order valence-electron chi connectivity index (χ4n) is 5.63. The molecule has 200 valence electrons. The lowest BCUT2D eigenvalue weighted by atomic mass is 9.99. The van der Waals surface area contributed by atoms with E-state index in [1.807, 2.05) is 42.5 Å². The van der Waals surface area contributed by atoms with Gasteiger partial charge < -0.3 is 29.9 Å². The van der Waals surface area contributed by atoms with E-state index in [9.17, 15) is 9.90 Å². The summed E-state index contributed by atoms with van der Waals surface area (Å²) >= 11 is 12.7. The van der Waals surface area contributed by atoms with Gasteiger partial charge in [0.25, 0.3) is 0 Å². The Morgan fingerprint density at radius 2 is 1.73 bits per heavy atom. The molecule has 5 rings (SSSR count). The Balaban J connectivity index is 1.27. The smallest absolute Gasteiger partial charge is 0.225 e. The van der Waals surface area contributed by atoms with Gasteiger partial charge in [-0.25, -0.2) is 0 Å². The summed E-state index contributed by atoms with van der Waals surface area (Å²) in [6.45, 7) is 7.02. The Labute approximate surface area is 229 Å². The average Bonchev–Trinajstić information content (AvgIpc) is 3.61. The minimum absolute atomic E-state index is 0.00394. The quantitative estimate of drug-likeness (QED) is 0.522. The van der Waals surface area contributed by atoms with Crippen LogP contribution in [0.1, 0.15) is 30.9 Å². The number of likely N-dealkylation sites (tertiary alicyclic amines) is 1. The SMILES string of the molecule is O=C(NC(CN1CCCC1)C(O)c1ccc(N2CCOCC2)c(Cl)c1)C1CCN(c2ccc(Cl)cc2)C1. The minimum atomic E-state index is -0.852. The zero-order valence-corrected chi connectivity index (χ0v) is 22.6. The maximum Gasteiger partial charge on any atom is 0.225 e. The fraction of sp³-hybridized carbons (Fsp3) is 0.536. The molecule has 0 spiro atoms. The highest BCUT2D eigenvalue weighted by molar-refractivity contribution is 6.33. The lowest BCUT2D eigenvalue weighted by molar-refractivity contribution is -0.126. The van der Waals surface area contributed by atoms with Gasteiger partial charge in [0.1, 0.15) is 6.10 Å². The normalized spacial score (nSPS) is 22.3. The molecule has 7 nitrogen and oxygen atoms in total. The maximum atomic E-state index is 13.4. The molecule has 1 amide bonds. The summed E-state index contributed by atoms with van der Waals surface area (Å²) in [6.07, 6.45) is 2.22. The van der Waals surface area contributed by atoms with E-state index in [-0.39, 0.29) is 11.8 Å². The molecule has 0 aromatic heterocycles. The van der Waals surface area contributed by atoms with Crippen molar-refractivity contribution < 1.29 is 14.6 Å². The standard InChI is InChI=1S/C28H36Cl2N4O3/c29-22-4-6-23(7-5-22)34-12-9-21(18-34)28(36)31-25(19-32-10-1-2-11-32)27(35)20-3-8-26(24(30)17-20)33-13-15-37-16-14-33/h3-8,17,21,25,27,35H,1-2,9-16,18-19H2,(H,31,36). The molecule has 3 atom stereocenters. The second-order valence-electron chi connectivity index (χ2n) is 10.3. The highest BCUT2D eigenvalue weighted by Gasteiger charge is 2.33. The second-order valence-corrected chi connectivity index (χ2v) is 11.1. The van der Waals surface area contributed by atoms with Gasteiger partial charge in [-0.15, -0.1) is 0 Å². The molecule has 37 heavy (non-hydrogen) atoms. The van der Waals surface area contributed by atoms with E-state index >= 15 is 0 Å². The number of carbonyl (C=O) groups excluding carboxylic acids is 1. The van der Waals surface area contributed by atoms with Crippen molar-refractivity contribution in [3.63, 3.8) is 0 Å². The Bertz CT molecular complexity index is 1060. The summed E-state index contributed by atoms with van der Waals surface area (Å²) in [5, 5.41) is 16.0. The van der Waals surface area contributed by atoms with Crippen molar-refractivity contribution in [2.24, 2.45) is 5.92 Å². The minimum Gasteiger partial charge on any atom is -0.386 e. The number of halogens is 2. The van der Waals surface area contributed by atoms with Crippen LogP contribution in [0, 0.1) is 5.92 Å². The van der Waals surface area contributed by atoms with Gasteiger partial charge >= 0.3 is 0 Å². The van der Waals surface area contributed by atoms with Crippen LogP contribution in [0.2, 0.25) is 10.0 Å². The molecular weight excluding hydrogens is 511 g/mol. The molecular formula is C28H36Cl2N4O3. The topological polar surface area (TPSA) is 68.3 Å². The number of nitrogens with zero attached hydrogens (tertiary/aromatic N) is 3. The van der Waals surface area contributed by atoms with E-state index in [1.165, 1.54) is 0 Å². The number of hydrogen-bond acceptors (Lipinski definition) is 6. The zero-order valence-electron chi connectivity index (χ0n) is 21.1. The van der Waals surface area contributed by atoms with Crippen molar-refractivity contribution in [3.8, 4) is 0 Å². The lowest BCUT2D eigenvalue weighted by Crippen LogP contribution is -2.48. The van der Waals surface area contributed by atoms with Crippen molar-refractivity contribution in [2.45, 2.75) is 31.4 Å². The van der Waals surface area contributed by atoms with Gasteiger partial charge in [0.15, 0.2) is 0 Å². The third-order valence-electron chi connectivity index (χ3n) is 7.78. The van der Waals surface area contributed by atoms with Gasteiger partial charge in [-0.05, 0) is 74.3 Å². The predicted molar refractivity (Wildman–Crippen MR) is 149 cm³/mol. The van der Waals surface area contributed by atoms with Crippen LogP contribution in [0.4, 0.5) is 11.4 Å². The monoisotopic (exact) mass is 546 g/mol. The highest BCUT2D eigenvalue weighted by atomic mass is 35.5. The van der Waals surface area contributed by atoms with Gasteiger partial charge in [-0.2, -0.15) is 0 Å². The first-order valence-electron chi connectivity index (χ1n) is 13.3. The van der Waals surface area contributed by atoms with Crippen LogP contribution in [0.3, 0.4) is 0 Å². The van der Waals surface area contributed by atoms with E-state index in [1.54, 1.807) is 0 Å². The summed E-state index contributed by atoms with van der Waals surface area (Å²) in [7, 11) is 0. The zero-order chi connectivity index (χ0) is 25.8. The number of benzene rings is 2. The molecule has 3 aliphatic heterocycles. The van der Waals surface area contributed by atoms with Crippen molar-refractivity contribution in [1.82, 2.24) is 10.2 Å². The largest absolute Gasteiger partial charge is 0.386 e. The number of hydrogen-bond donors (Lipinski definition) is 2. The first-order chi connectivity index (χ1) is 18.0. The second kappa shape index (κ2) is 12.2. The van der Waals surface area contributed by atoms with Gasteiger partial charge in [-0.3, -0.25) is 4.79 Å². The van der Waals surface area contributed by atoms with Gasteiger partial charge in [0, 0.05) is 43.4 Å². The number of morpholine rings is 1. The molecule has 9 heteroatoms. The summed E-state index contributed by atoms with van der Waals surface area (Å²) in [6, 6.07) is 13.1. The van der Waals surface area contributed by atoms with Crippen LogP contribution >= 0.6 is 23.2 Å². The summed E-state index contributed by atoms with van der Waals surface area (Å²) in [5.74, 6) is -0.132.